The average molecular weight is 326 g/mol. The van der Waals surface area contributed by atoms with Gasteiger partial charge in [-0.2, -0.15) is 0 Å². The van der Waals surface area contributed by atoms with Crippen molar-refractivity contribution in [1.29, 1.82) is 0 Å². The second-order valence-corrected chi connectivity index (χ2v) is 7.32. The smallest absolute Gasteiger partial charge is 0.0578 e. The second-order valence-electron chi connectivity index (χ2n) is 7.32. The van der Waals surface area contributed by atoms with Gasteiger partial charge in [0.1, 0.15) is 0 Å². The van der Waals surface area contributed by atoms with Gasteiger partial charge in [0.25, 0.3) is 0 Å². The van der Waals surface area contributed by atoms with Crippen LogP contribution in [-0.2, 0) is 0 Å². The van der Waals surface area contributed by atoms with E-state index in [1.165, 1.54) is 37.7 Å². The summed E-state index contributed by atoms with van der Waals surface area (Å²) in [6.07, 6.45) is 17.1. The average Bonchev–Trinajstić information content (AvgIpc) is 2.55. The van der Waals surface area contributed by atoms with Crippen LogP contribution in [0.2, 0.25) is 0 Å². The van der Waals surface area contributed by atoms with Crippen molar-refractivity contribution in [1.82, 2.24) is 0 Å². The molecule has 0 amide bonds. The predicted octanol–water partition coefficient (Wildman–Crippen LogP) is 6.85. The molecule has 1 saturated carbocycles. The van der Waals surface area contributed by atoms with Crippen molar-refractivity contribution in [2.24, 2.45) is 16.8 Å². The third kappa shape index (κ3) is 7.77. The first-order valence-corrected chi connectivity index (χ1v) is 9.26. The molecule has 0 unspecified atom stereocenters. The summed E-state index contributed by atoms with van der Waals surface area (Å²) in [5.41, 5.74) is 4.77. The normalized spacial score (nSPS) is 22.9. The van der Waals surface area contributed by atoms with E-state index in [1.54, 1.807) is 0 Å². The molecule has 1 fully saturated rings. The zero-order chi connectivity index (χ0) is 17.9. The van der Waals surface area contributed by atoms with Crippen LogP contribution in [0, 0.1) is 11.8 Å². The van der Waals surface area contributed by atoms with E-state index in [9.17, 15) is 0 Å². The SMILES string of the molecule is C=CC(=CCN=C(C)C)/C(C=C)=C/C=C(\C)CC1CCC(C)CC1. The molecule has 0 N–H and O–H groups in total. The lowest BCUT2D eigenvalue weighted by Crippen LogP contribution is -2.12. The third-order valence-electron chi connectivity index (χ3n) is 4.79. The van der Waals surface area contributed by atoms with Crippen LogP contribution in [0.1, 0.15) is 59.8 Å². The molecule has 0 aromatic heterocycles. The van der Waals surface area contributed by atoms with Crippen molar-refractivity contribution in [2.45, 2.75) is 59.8 Å². The Balaban J connectivity index is 2.72. The Kier molecular flexibility index (Phi) is 9.37. The molecule has 24 heavy (non-hydrogen) atoms. The number of hydrogen-bond donors (Lipinski definition) is 0. The van der Waals surface area contributed by atoms with E-state index >= 15 is 0 Å². The van der Waals surface area contributed by atoms with E-state index in [1.807, 2.05) is 26.0 Å². The van der Waals surface area contributed by atoms with Crippen LogP contribution >= 0.6 is 0 Å². The molecule has 1 aliphatic carbocycles. The fraction of sp³-hybridized carbons (Fsp3) is 0.522. The van der Waals surface area contributed by atoms with Crippen LogP contribution in [0.5, 0.6) is 0 Å². The summed E-state index contributed by atoms with van der Waals surface area (Å²) in [4.78, 5) is 4.42. The number of rotatable bonds is 8. The minimum Gasteiger partial charge on any atom is -0.291 e. The summed E-state index contributed by atoms with van der Waals surface area (Å²) in [5.74, 6) is 1.79. The first-order chi connectivity index (χ1) is 11.5. The topological polar surface area (TPSA) is 12.4 Å². The van der Waals surface area contributed by atoms with Gasteiger partial charge in [-0.25, -0.2) is 0 Å². The van der Waals surface area contributed by atoms with Crippen molar-refractivity contribution in [3.05, 3.63) is 60.3 Å². The van der Waals surface area contributed by atoms with Gasteiger partial charge in [-0.05, 0) is 63.0 Å². The lowest BCUT2D eigenvalue weighted by atomic mass is 9.80. The van der Waals surface area contributed by atoms with Crippen molar-refractivity contribution < 1.29 is 0 Å². The Morgan fingerprint density at radius 3 is 2.12 bits per heavy atom. The Morgan fingerprint density at radius 2 is 1.58 bits per heavy atom. The summed E-state index contributed by atoms with van der Waals surface area (Å²) in [7, 11) is 0. The van der Waals surface area contributed by atoms with Crippen LogP contribution in [-0.4, -0.2) is 12.3 Å². The first-order valence-electron chi connectivity index (χ1n) is 9.26. The van der Waals surface area contributed by atoms with Crippen molar-refractivity contribution >= 4 is 5.71 Å². The summed E-state index contributed by atoms with van der Waals surface area (Å²) in [6, 6.07) is 0. The fourth-order valence-corrected chi connectivity index (χ4v) is 3.22. The van der Waals surface area contributed by atoms with Gasteiger partial charge in [0.05, 0.1) is 6.54 Å². The number of hydrogen-bond acceptors (Lipinski definition) is 1. The third-order valence-corrected chi connectivity index (χ3v) is 4.79. The van der Waals surface area contributed by atoms with Crippen molar-refractivity contribution in [3.8, 4) is 0 Å². The molecular weight excluding hydrogens is 290 g/mol. The van der Waals surface area contributed by atoms with Gasteiger partial charge in [-0.3, -0.25) is 4.99 Å². The molecule has 0 bridgehead atoms. The molecule has 0 atom stereocenters. The summed E-state index contributed by atoms with van der Waals surface area (Å²) in [5, 5.41) is 0. The molecule has 0 saturated heterocycles. The highest BCUT2D eigenvalue weighted by atomic mass is 14.7. The van der Waals surface area contributed by atoms with Crippen LogP contribution < -0.4 is 0 Å². The molecule has 1 nitrogen and oxygen atoms in total. The van der Waals surface area contributed by atoms with Gasteiger partial charge in [-0.15, -0.1) is 0 Å². The van der Waals surface area contributed by atoms with Crippen molar-refractivity contribution in [3.63, 3.8) is 0 Å². The quantitative estimate of drug-likeness (QED) is 0.341. The molecule has 0 spiro atoms. The minimum absolute atomic E-state index is 0.692. The van der Waals surface area contributed by atoms with Crippen molar-refractivity contribution in [2.75, 3.05) is 6.54 Å². The van der Waals surface area contributed by atoms with E-state index in [4.69, 9.17) is 0 Å². The maximum absolute atomic E-state index is 4.42. The van der Waals surface area contributed by atoms with Crippen LogP contribution in [0.25, 0.3) is 0 Å². The van der Waals surface area contributed by atoms with Gasteiger partial charge in [0.2, 0.25) is 0 Å². The summed E-state index contributed by atoms with van der Waals surface area (Å²) >= 11 is 0. The van der Waals surface area contributed by atoms with E-state index in [2.05, 4.69) is 50.2 Å². The lowest BCUT2D eigenvalue weighted by molar-refractivity contribution is 0.288. The largest absolute Gasteiger partial charge is 0.291 e. The molecule has 0 aromatic carbocycles. The molecular formula is C23H35N. The fourth-order valence-electron chi connectivity index (χ4n) is 3.22. The predicted molar refractivity (Wildman–Crippen MR) is 110 cm³/mol. The maximum Gasteiger partial charge on any atom is 0.0578 e. The van der Waals surface area contributed by atoms with Gasteiger partial charge >= 0.3 is 0 Å². The van der Waals surface area contributed by atoms with Gasteiger partial charge in [0.15, 0.2) is 0 Å². The Morgan fingerprint density at radius 1 is 0.958 bits per heavy atom. The zero-order valence-corrected chi connectivity index (χ0v) is 16.1. The number of aliphatic imine (C=N–C) groups is 1. The first kappa shape index (κ1) is 20.4. The van der Waals surface area contributed by atoms with Crippen LogP contribution in [0.15, 0.2) is 65.2 Å². The van der Waals surface area contributed by atoms with Gasteiger partial charge < -0.3 is 0 Å². The highest BCUT2D eigenvalue weighted by Crippen LogP contribution is 2.32. The van der Waals surface area contributed by atoms with Crippen LogP contribution in [0.4, 0.5) is 0 Å². The maximum atomic E-state index is 4.42. The van der Waals surface area contributed by atoms with E-state index in [0.29, 0.717) is 6.54 Å². The molecule has 132 valence electrons. The minimum atomic E-state index is 0.692. The number of nitrogens with zero attached hydrogens (tertiary/aromatic N) is 1. The van der Waals surface area contributed by atoms with Gasteiger partial charge in [-0.1, -0.05) is 68.9 Å². The zero-order valence-electron chi connectivity index (χ0n) is 16.1. The molecule has 0 radical (unpaired) electrons. The molecule has 0 aliphatic heterocycles. The second kappa shape index (κ2) is 11.0. The monoisotopic (exact) mass is 325 g/mol. The van der Waals surface area contributed by atoms with E-state index in [-0.39, 0.29) is 0 Å². The highest BCUT2D eigenvalue weighted by molar-refractivity contribution is 5.79. The Hall–Kier alpha value is -1.63. The Labute approximate surface area is 149 Å². The summed E-state index contributed by atoms with van der Waals surface area (Å²) in [6.45, 7) is 17.2. The van der Waals surface area contributed by atoms with E-state index < -0.39 is 0 Å². The van der Waals surface area contributed by atoms with Gasteiger partial charge in [0, 0.05) is 5.71 Å². The van der Waals surface area contributed by atoms with Crippen LogP contribution in [0.3, 0.4) is 0 Å². The molecule has 1 heteroatoms. The van der Waals surface area contributed by atoms with E-state index in [0.717, 1.165) is 28.7 Å². The summed E-state index contributed by atoms with van der Waals surface area (Å²) < 4.78 is 0. The molecule has 1 aliphatic rings. The highest BCUT2D eigenvalue weighted by Gasteiger charge is 2.17. The lowest BCUT2D eigenvalue weighted by Gasteiger charge is -2.26. The standard InChI is InChI=1S/C23H35N/c1-7-22(23(8-2)15-16-24-18(3)4)14-11-20(6)17-21-12-9-19(5)10-13-21/h7-8,11,14-15,19,21H,1-2,9-10,12-13,16-17H2,3-6H3/b20-11+,22-14+,23-15?. The number of allylic oxidation sites excluding steroid dienone is 7. The Bertz CT molecular complexity index is 530. The molecule has 0 heterocycles. The molecule has 0 aromatic rings. The molecule has 1 rings (SSSR count).